The fourth-order valence-corrected chi connectivity index (χ4v) is 3.29. The van der Waals surface area contributed by atoms with Crippen molar-refractivity contribution in [1.29, 1.82) is 0 Å². The SMILES string of the molecule is CC.OP(O)(O)(c1ccccc1)c1ccccc1. The van der Waals surface area contributed by atoms with E-state index in [2.05, 4.69) is 0 Å². The van der Waals surface area contributed by atoms with E-state index < -0.39 is 7.28 Å². The molecule has 18 heavy (non-hydrogen) atoms. The molecule has 0 saturated heterocycles. The van der Waals surface area contributed by atoms with Crippen LogP contribution < -0.4 is 10.6 Å². The molecule has 0 aliphatic carbocycles. The maximum atomic E-state index is 10.2. The quantitative estimate of drug-likeness (QED) is 0.728. The second-order valence-electron chi connectivity index (χ2n) is 3.65. The van der Waals surface area contributed by atoms with E-state index in [1.807, 2.05) is 13.8 Å². The molecule has 0 atom stereocenters. The molecular formula is C14H19O3P. The van der Waals surface area contributed by atoms with Gasteiger partial charge in [-0.3, -0.25) is 0 Å². The fourth-order valence-electron chi connectivity index (χ4n) is 1.55. The van der Waals surface area contributed by atoms with E-state index in [4.69, 9.17) is 0 Å². The molecule has 0 aliphatic rings. The van der Waals surface area contributed by atoms with Crippen molar-refractivity contribution in [3.8, 4) is 0 Å². The molecule has 4 heteroatoms. The first kappa shape index (κ1) is 14.8. The summed E-state index contributed by atoms with van der Waals surface area (Å²) in [6.45, 7) is 4.00. The molecule has 0 unspecified atom stereocenters. The first-order valence-corrected chi connectivity index (χ1v) is 7.96. The van der Waals surface area contributed by atoms with Gasteiger partial charge < -0.3 is 0 Å². The molecule has 0 spiro atoms. The zero-order valence-corrected chi connectivity index (χ0v) is 11.5. The molecule has 0 aliphatic heterocycles. The second-order valence-corrected chi connectivity index (χ2v) is 6.64. The molecule has 3 N–H and O–H groups in total. The first-order chi connectivity index (χ1) is 8.49. The molecule has 0 aromatic heterocycles. The van der Waals surface area contributed by atoms with Gasteiger partial charge in [0, 0.05) is 0 Å². The first-order valence-electron chi connectivity index (χ1n) is 5.87. The molecular weight excluding hydrogens is 247 g/mol. The van der Waals surface area contributed by atoms with Crippen LogP contribution in [0.1, 0.15) is 13.8 Å². The van der Waals surface area contributed by atoms with Crippen LogP contribution in [0, 0.1) is 0 Å². The molecule has 0 radical (unpaired) electrons. The molecule has 98 valence electrons. The monoisotopic (exact) mass is 266 g/mol. The van der Waals surface area contributed by atoms with Crippen molar-refractivity contribution >= 4 is 17.9 Å². The number of hydrogen-bond acceptors (Lipinski definition) is 3. The Hall–Kier alpha value is -1.25. The van der Waals surface area contributed by atoms with Crippen molar-refractivity contribution in [2.75, 3.05) is 0 Å². The van der Waals surface area contributed by atoms with Gasteiger partial charge in [-0.2, -0.15) is 0 Å². The van der Waals surface area contributed by atoms with E-state index >= 15 is 0 Å². The van der Waals surface area contributed by atoms with Gasteiger partial charge >= 0.3 is 93.2 Å². The standard InChI is InChI=1S/C12H13O3P.C2H6/c13-16(14,15,11-7-3-1-4-8-11)12-9-5-2-6-10-12;1-2/h1-10,13-15H;1-2H3. The Morgan fingerprint density at radius 2 is 0.889 bits per heavy atom. The Kier molecular flexibility index (Phi) is 4.60. The summed E-state index contributed by atoms with van der Waals surface area (Å²) in [6.07, 6.45) is 0. The number of hydrogen-bond donors (Lipinski definition) is 3. The Bertz CT molecular complexity index is 431. The molecule has 3 nitrogen and oxygen atoms in total. The Morgan fingerprint density at radius 1 is 0.611 bits per heavy atom. The van der Waals surface area contributed by atoms with Crippen LogP contribution in [0.2, 0.25) is 0 Å². The number of benzene rings is 2. The van der Waals surface area contributed by atoms with Crippen LogP contribution in [0.4, 0.5) is 0 Å². The third kappa shape index (κ3) is 2.95. The Morgan fingerprint density at radius 3 is 1.17 bits per heavy atom. The van der Waals surface area contributed by atoms with Gasteiger partial charge in [0.1, 0.15) is 0 Å². The van der Waals surface area contributed by atoms with E-state index in [0.717, 1.165) is 0 Å². The summed E-state index contributed by atoms with van der Waals surface area (Å²) in [5, 5.41) is 0.277. The average molecular weight is 266 g/mol. The van der Waals surface area contributed by atoms with Crippen molar-refractivity contribution < 1.29 is 14.7 Å². The molecule has 0 saturated carbocycles. The second kappa shape index (κ2) is 5.59. The van der Waals surface area contributed by atoms with Crippen LogP contribution in [-0.2, 0) is 0 Å². The summed E-state index contributed by atoms with van der Waals surface area (Å²) in [5.74, 6) is 0. The van der Waals surface area contributed by atoms with Gasteiger partial charge in [0.05, 0.1) is 0 Å². The maximum absolute atomic E-state index is 10.2. The summed E-state index contributed by atoms with van der Waals surface area (Å²) in [7, 11) is -4.93. The summed E-state index contributed by atoms with van der Waals surface area (Å²) >= 11 is 0. The van der Waals surface area contributed by atoms with E-state index in [9.17, 15) is 14.7 Å². The predicted molar refractivity (Wildman–Crippen MR) is 77.1 cm³/mol. The normalized spacial score (nSPS) is 12.8. The summed E-state index contributed by atoms with van der Waals surface area (Å²) in [4.78, 5) is 30.5. The van der Waals surface area contributed by atoms with E-state index in [0.29, 0.717) is 0 Å². The van der Waals surface area contributed by atoms with Gasteiger partial charge in [-0.15, -0.1) is 0 Å². The zero-order valence-electron chi connectivity index (χ0n) is 10.6. The van der Waals surface area contributed by atoms with Crippen LogP contribution in [0.5, 0.6) is 0 Å². The van der Waals surface area contributed by atoms with Crippen LogP contribution in [-0.4, -0.2) is 14.7 Å². The van der Waals surface area contributed by atoms with Crippen LogP contribution in [0.15, 0.2) is 60.7 Å². The summed E-state index contributed by atoms with van der Waals surface area (Å²) in [5.41, 5.74) is 0. The van der Waals surface area contributed by atoms with Crippen molar-refractivity contribution in [2.24, 2.45) is 0 Å². The van der Waals surface area contributed by atoms with Crippen LogP contribution in [0.25, 0.3) is 0 Å². The molecule has 2 aromatic rings. The third-order valence-electron chi connectivity index (χ3n) is 2.46. The molecule has 0 bridgehead atoms. The van der Waals surface area contributed by atoms with E-state index in [1.54, 1.807) is 36.4 Å². The van der Waals surface area contributed by atoms with Gasteiger partial charge in [0.2, 0.25) is 0 Å². The fraction of sp³-hybridized carbons (Fsp3) is 0.143. The van der Waals surface area contributed by atoms with Gasteiger partial charge in [-0.25, -0.2) is 0 Å². The van der Waals surface area contributed by atoms with Gasteiger partial charge in [0.15, 0.2) is 0 Å². The van der Waals surface area contributed by atoms with Crippen molar-refractivity contribution in [2.45, 2.75) is 13.8 Å². The minimum atomic E-state index is -4.93. The van der Waals surface area contributed by atoms with Crippen molar-refractivity contribution in [1.82, 2.24) is 0 Å². The minimum absolute atomic E-state index is 0.139. The Balaban J connectivity index is 0.000000771. The topological polar surface area (TPSA) is 60.7 Å². The van der Waals surface area contributed by atoms with Gasteiger partial charge in [0.25, 0.3) is 0 Å². The Labute approximate surface area is 108 Å². The molecule has 0 fully saturated rings. The van der Waals surface area contributed by atoms with E-state index in [-0.39, 0.29) is 10.6 Å². The van der Waals surface area contributed by atoms with Gasteiger partial charge in [-0.05, 0) is 0 Å². The molecule has 2 aromatic carbocycles. The average Bonchev–Trinajstić information content (AvgIpc) is 2.43. The van der Waals surface area contributed by atoms with Crippen molar-refractivity contribution in [3.05, 3.63) is 60.7 Å². The predicted octanol–water partition coefficient (Wildman–Crippen LogP) is 1.94. The van der Waals surface area contributed by atoms with Crippen LogP contribution in [0.3, 0.4) is 0 Å². The zero-order chi connectivity index (χ0) is 13.7. The van der Waals surface area contributed by atoms with Crippen LogP contribution >= 0.6 is 7.28 Å². The molecule has 0 amide bonds. The molecule has 0 heterocycles. The summed E-state index contributed by atoms with van der Waals surface area (Å²) < 4.78 is 0. The third-order valence-corrected chi connectivity index (χ3v) is 4.96. The van der Waals surface area contributed by atoms with E-state index in [1.165, 1.54) is 24.3 Å². The van der Waals surface area contributed by atoms with Crippen molar-refractivity contribution in [3.63, 3.8) is 0 Å². The molecule has 2 rings (SSSR count). The number of rotatable bonds is 2. The van der Waals surface area contributed by atoms with Gasteiger partial charge in [-0.1, -0.05) is 13.8 Å². The summed E-state index contributed by atoms with van der Waals surface area (Å²) in [6, 6.07) is 16.1.